The third-order valence-electron chi connectivity index (χ3n) is 3.75. The molecule has 0 radical (unpaired) electrons. The Morgan fingerprint density at radius 2 is 2.22 bits per heavy atom. The number of hydrogen-bond donors (Lipinski definition) is 2. The first-order valence-corrected chi connectivity index (χ1v) is 6.76. The number of H-pyrrole nitrogens is 1. The maximum atomic E-state index is 5.57. The minimum Gasteiger partial charge on any atom is -0.378 e. The number of rotatable bonds is 5. The molecule has 3 nitrogen and oxygen atoms in total. The number of benzene rings is 1. The second kappa shape index (κ2) is 5.12. The maximum Gasteiger partial charge on any atom is 0.0604 e. The third-order valence-corrected chi connectivity index (χ3v) is 3.75. The number of nitrogens with one attached hydrogen (secondary N) is 2. The zero-order valence-corrected chi connectivity index (χ0v) is 10.8. The van der Waals surface area contributed by atoms with E-state index in [0.29, 0.717) is 12.1 Å². The second-order valence-electron chi connectivity index (χ2n) is 4.99. The molecule has 0 atom stereocenters. The fourth-order valence-corrected chi connectivity index (χ4v) is 2.66. The lowest BCUT2D eigenvalue weighted by atomic mass is 9.89. The van der Waals surface area contributed by atoms with Gasteiger partial charge in [0.05, 0.1) is 6.10 Å². The molecular formula is C15H20N2O. The van der Waals surface area contributed by atoms with Crippen LogP contribution in [0.15, 0.2) is 30.5 Å². The lowest BCUT2D eigenvalue weighted by molar-refractivity contribution is -0.0102. The van der Waals surface area contributed by atoms with Crippen molar-refractivity contribution in [1.29, 1.82) is 0 Å². The Labute approximate surface area is 108 Å². The van der Waals surface area contributed by atoms with Crippen molar-refractivity contribution in [1.82, 2.24) is 10.3 Å². The largest absolute Gasteiger partial charge is 0.378 e. The minimum absolute atomic E-state index is 0.480. The molecule has 0 bridgehead atoms. The van der Waals surface area contributed by atoms with Crippen molar-refractivity contribution in [3.8, 4) is 0 Å². The average Bonchev–Trinajstić information content (AvgIpc) is 2.80. The first-order chi connectivity index (χ1) is 8.86. The van der Waals surface area contributed by atoms with E-state index in [0.717, 1.165) is 26.0 Å². The SMILES string of the molecule is CCOC1CC(NCc2cccc3cc[nH]c23)C1. The molecule has 3 heteroatoms. The summed E-state index contributed by atoms with van der Waals surface area (Å²) in [5, 5.41) is 4.89. The van der Waals surface area contributed by atoms with E-state index in [2.05, 4.69) is 41.5 Å². The smallest absolute Gasteiger partial charge is 0.0604 e. The van der Waals surface area contributed by atoms with Crippen LogP contribution in [0.25, 0.3) is 10.9 Å². The zero-order chi connectivity index (χ0) is 12.4. The molecule has 3 rings (SSSR count). The summed E-state index contributed by atoms with van der Waals surface area (Å²) >= 11 is 0. The van der Waals surface area contributed by atoms with Crippen LogP contribution < -0.4 is 5.32 Å². The number of para-hydroxylation sites is 1. The molecule has 2 N–H and O–H groups in total. The van der Waals surface area contributed by atoms with Crippen molar-refractivity contribution in [3.05, 3.63) is 36.0 Å². The molecule has 0 unspecified atom stereocenters. The van der Waals surface area contributed by atoms with E-state index < -0.39 is 0 Å². The minimum atomic E-state index is 0.480. The van der Waals surface area contributed by atoms with Crippen LogP contribution in [0.1, 0.15) is 25.3 Å². The molecule has 96 valence electrons. The quantitative estimate of drug-likeness (QED) is 0.848. The van der Waals surface area contributed by atoms with Crippen molar-refractivity contribution in [2.45, 2.75) is 38.5 Å². The zero-order valence-electron chi connectivity index (χ0n) is 10.8. The van der Waals surface area contributed by atoms with Gasteiger partial charge in [-0.3, -0.25) is 0 Å². The Morgan fingerprint density at radius 3 is 3.06 bits per heavy atom. The highest BCUT2D eigenvalue weighted by molar-refractivity contribution is 5.82. The predicted octanol–water partition coefficient (Wildman–Crippen LogP) is 2.83. The van der Waals surface area contributed by atoms with E-state index in [-0.39, 0.29) is 0 Å². The molecule has 1 heterocycles. The molecule has 1 saturated carbocycles. The standard InChI is InChI=1S/C15H20N2O/c1-2-18-14-8-13(9-14)17-10-12-5-3-4-11-6-7-16-15(11)12/h3-7,13-14,16-17H,2,8-10H2,1H3. The fourth-order valence-electron chi connectivity index (χ4n) is 2.66. The number of fused-ring (bicyclic) bond motifs is 1. The average molecular weight is 244 g/mol. The molecule has 0 amide bonds. The lowest BCUT2D eigenvalue weighted by Crippen LogP contribution is -2.45. The maximum absolute atomic E-state index is 5.57. The van der Waals surface area contributed by atoms with Crippen molar-refractivity contribution in [2.75, 3.05) is 6.61 Å². The number of aromatic amines is 1. The van der Waals surface area contributed by atoms with Crippen LogP contribution in [-0.4, -0.2) is 23.7 Å². The third kappa shape index (κ3) is 2.28. The van der Waals surface area contributed by atoms with E-state index >= 15 is 0 Å². The Morgan fingerprint density at radius 1 is 1.33 bits per heavy atom. The highest BCUT2D eigenvalue weighted by atomic mass is 16.5. The Kier molecular flexibility index (Phi) is 3.35. The highest BCUT2D eigenvalue weighted by Gasteiger charge is 2.28. The number of aromatic nitrogens is 1. The van der Waals surface area contributed by atoms with Crippen LogP contribution >= 0.6 is 0 Å². The summed E-state index contributed by atoms with van der Waals surface area (Å²) in [5.74, 6) is 0. The van der Waals surface area contributed by atoms with Gasteiger partial charge in [-0.15, -0.1) is 0 Å². The first kappa shape index (κ1) is 11.8. The van der Waals surface area contributed by atoms with Gasteiger partial charge in [-0.2, -0.15) is 0 Å². The van der Waals surface area contributed by atoms with Gasteiger partial charge in [-0.25, -0.2) is 0 Å². The van der Waals surface area contributed by atoms with Gasteiger partial charge in [0, 0.05) is 30.9 Å². The molecule has 0 saturated heterocycles. The summed E-state index contributed by atoms with van der Waals surface area (Å²) in [6.45, 7) is 3.83. The summed E-state index contributed by atoms with van der Waals surface area (Å²) in [6, 6.07) is 9.19. The summed E-state index contributed by atoms with van der Waals surface area (Å²) in [7, 11) is 0. The predicted molar refractivity (Wildman–Crippen MR) is 73.6 cm³/mol. The van der Waals surface area contributed by atoms with Crippen LogP contribution in [0, 0.1) is 0 Å². The molecule has 1 aliphatic carbocycles. The molecule has 1 aromatic carbocycles. The van der Waals surface area contributed by atoms with Crippen molar-refractivity contribution in [3.63, 3.8) is 0 Å². The highest BCUT2D eigenvalue weighted by Crippen LogP contribution is 2.24. The van der Waals surface area contributed by atoms with Crippen molar-refractivity contribution in [2.24, 2.45) is 0 Å². The van der Waals surface area contributed by atoms with Crippen molar-refractivity contribution >= 4 is 10.9 Å². The van der Waals surface area contributed by atoms with Gasteiger partial charge in [-0.1, -0.05) is 18.2 Å². The Bertz CT molecular complexity index is 514. The molecule has 1 aliphatic rings. The monoisotopic (exact) mass is 244 g/mol. The summed E-state index contributed by atoms with van der Waals surface area (Å²) in [5.41, 5.74) is 2.60. The van der Waals surface area contributed by atoms with Gasteiger partial charge in [0.2, 0.25) is 0 Å². The van der Waals surface area contributed by atoms with Gasteiger partial charge >= 0.3 is 0 Å². The fraction of sp³-hybridized carbons (Fsp3) is 0.467. The summed E-state index contributed by atoms with van der Waals surface area (Å²) in [6.07, 6.45) is 4.78. The molecule has 0 spiro atoms. The lowest BCUT2D eigenvalue weighted by Gasteiger charge is -2.35. The van der Waals surface area contributed by atoms with E-state index in [9.17, 15) is 0 Å². The molecule has 1 fully saturated rings. The van der Waals surface area contributed by atoms with E-state index in [4.69, 9.17) is 4.74 Å². The van der Waals surface area contributed by atoms with Gasteiger partial charge in [-0.05, 0) is 36.8 Å². The first-order valence-electron chi connectivity index (χ1n) is 6.76. The molecule has 0 aliphatic heterocycles. The molecule has 18 heavy (non-hydrogen) atoms. The van der Waals surface area contributed by atoms with Crippen LogP contribution in [0.2, 0.25) is 0 Å². The van der Waals surface area contributed by atoms with E-state index in [1.165, 1.54) is 16.5 Å². The number of ether oxygens (including phenoxy) is 1. The van der Waals surface area contributed by atoms with Gasteiger partial charge in [0.15, 0.2) is 0 Å². The summed E-state index contributed by atoms with van der Waals surface area (Å²) in [4.78, 5) is 3.31. The van der Waals surface area contributed by atoms with Crippen molar-refractivity contribution < 1.29 is 4.74 Å². The normalized spacial score (nSPS) is 23.2. The molecule has 2 aromatic rings. The number of hydrogen-bond acceptors (Lipinski definition) is 2. The molecular weight excluding hydrogens is 224 g/mol. The van der Waals surface area contributed by atoms with Gasteiger partial charge in [0.25, 0.3) is 0 Å². The van der Waals surface area contributed by atoms with E-state index in [1.807, 2.05) is 6.20 Å². The van der Waals surface area contributed by atoms with Gasteiger partial charge in [0.1, 0.15) is 0 Å². The Balaban J connectivity index is 1.56. The van der Waals surface area contributed by atoms with Crippen LogP contribution in [-0.2, 0) is 11.3 Å². The summed E-state index contributed by atoms with van der Waals surface area (Å²) < 4.78 is 5.57. The second-order valence-corrected chi connectivity index (χ2v) is 4.99. The van der Waals surface area contributed by atoms with Crippen LogP contribution in [0.3, 0.4) is 0 Å². The van der Waals surface area contributed by atoms with Crippen LogP contribution in [0.4, 0.5) is 0 Å². The van der Waals surface area contributed by atoms with E-state index in [1.54, 1.807) is 0 Å². The van der Waals surface area contributed by atoms with Gasteiger partial charge < -0.3 is 15.0 Å². The Hall–Kier alpha value is -1.32. The molecule has 1 aromatic heterocycles. The topological polar surface area (TPSA) is 37.0 Å². The van der Waals surface area contributed by atoms with Crippen LogP contribution in [0.5, 0.6) is 0 Å².